The normalized spacial score (nSPS) is 21.8. The van der Waals surface area contributed by atoms with Crippen molar-refractivity contribution in [3.8, 4) is 5.75 Å². The lowest BCUT2D eigenvalue weighted by Gasteiger charge is -2.18. The van der Waals surface area contributed by atoms with Crippen LogP contribution < -0.4 is 0 Å². The van der Waals surface area contributed by atoms with Gasteiger partial charge in [0.1, 0.15) is 5.75 Å². The molecule has 1 aromatic rings. The summed E-state index contributed by atoms with van der Waals surface area (Å²) in [6, 6.07) is 4.36. The Morgan fingerprint density at radius 2 is 1.33 bits per heavy atom. The lowest BCUT2D eigenvalue weighted by atomic mass is 9.88. The van der Waals surface area contributed by atoms with Gasteiger partial charge in [-0.2, -0.15) is 0 Å². The Labute approximate surface area is 110 Å². The van der Waals surface area contributed by atoms with Gasteiger partial charge in [0.2, 0.25) is 0 Å². The van der Waals surface area contributed by atoms with Crippen molar-refractivity contribution in [2.45, 2.75) is 70.1 Å². The highest BCUT2D eigenvalue weighted by atomic mass is 16.3. The van der Waals surface area contributed by atoms with Crippen molar-refractivity contribution in [3.63, 3.8) is 0 Å². The summed E-state index contributed by atoms with van der Waals surface area (Å²) in [6.45, 7) is 2.23. The molecule has 18 heavy (non-hydrogen) atoms. The summed E-state index contributed by atoms with van der Waals surface area (Å²) in [5.41, 5.74) is 4.03. The van der Waals surface area contributed by atoms with Gasteiger partial charge in [-0.25, -0.2) is 0 Å². The zero-order chi connectivity index (χ0) is 12.5. The average Bonchev–Trinajstić information content (AvgIpc) is 3.02. The Morgan fingerprint density at radius 1 is 0.833 bits per heavy atom. The van der Waals surface area contributed by atoms with Crippen molar-refractivity contribution in [2.75, 3.05) is 0 Å². The molecular weight excluding hydrogens is 220 g/mol. The maximum Gasteiger partial charge on any atom is 0.119 e. The molecule has 0 spiro atoms. The van der Waals surface area contributed by atoms with E-state index in [1.165, 1.54) is 68.1 Å². The second-order valence-electron chi connectivity index (χ2n) is 6.23. The van der Waals surface area contributed by atoms with E-state index in [0.717, 1.165) is 0 Å². The number of phenols is 1. The zero-order valence-electron chi connectivity index (χ0n) is 11.4. The van der Waals surface area contributed by atoms with Crippen LogP contribution in [0.2, 0.25) is 0 Å². The highest BCUT2D eigenvalue weighted by molar-refractivity contribution is 5.45. The number of aryl methyl sites for hydroxylation is 1. The lowest BCUT2D eigenvalue weighted by molar-refractivity contribution is 0.459. The van der Waals surface area contributed by atoms with Crippen LogP contribution in [0.4, 0.5) is 0 Å². The van der Waals surface area contributed by atoms with E-state index in [9.17, 15) is 5.11 Å². The summed E-state index contributed by atoms with van der Waals surface area (Å²) in [7, 11) is 0. The van der Waals surface area contributed by atoms with Crippen molar-refractivity contribution >= 4 is 0 Å². The largest absolute Gasteiger partial charge is 0.508 e. The van der Waals surface area contributed by atoms with Crippen molar-refractivity contribution in [3.05, 3.63) is 28.8 Å². The second kappa shape index (κ2) is 4.95. The first kappa shape index (κ1) is 12.1. The van der Waals surface area contributed by atoms with E-state index in [4.69, 9.17) is 0 Å². The molecule has 0 unspecified atom stereocenters. The standard InChI is InChI=1S/C17H24O/c1-12-10-16(14-8-4-5-9-14)17(18)11-15(12)13-6-2-3-7-13/h10-11,13-14,18H,2-9H2,1H3. The van der Waals surface area contributed by atoms with Gasteiger partial charge in [-0.05, 0) is 67.2 Å². The molecule has 0 aliphatic heterocycles. The van der Waals surface area contributed by atoms with Crippen LogP contribution in [-0.4, -0.2) is 5.11 Å². The third kappa shape index (κ3) is 2.15. The zero-order valence-corrected chi connectivity index (χ0v) is 11.4. The predicted octanol–water partition coefficient (Wildman–Crippen LogP) is 5.02. The topological polar surface area (TPSA) is 20.2 Å². The van der Waals surface area contributed by atoms with Gasteiger partial charge < -0.3 is 5.11 Å². The van der Waals surface area contributed by atoms with Crippen LogP contribution in [0.25, 0.3) is 0 Å². The summed E-state index contributed by atoms with van der Waals surface area (Å²) in [5.74, 6) is 1.88. The highest BCUT2D eigenvalue weighted by Gasteiger charge is 2.24. The molecule has 0 radical (unpaired) electrons. The Bertz CT molecular complexity index is 382. The van der Waals surface area contributed by atoms with Crippen LogP contribution in [0.15, 0.2) is 12.1 Å². The van der Waals surface area contributed by atoms with Gasteiger partial charge in [0.15, 0.2) is 0 Å². The summed E-state index contributed by atoms with van der Waals surface area (Å²) >= 11 is 0. The molecule has 2 aliphatic carbocycles. The van der Waals surface area contributed by atoms with Gasteiger partial charge in [0.25, 0.3) is 0 Å². The third-order valence-electron chi connectivity index (χ3n) is 5.01. The number of hydrogen-bond donors (Lipinski definition) is 1. The maximum absolute atomic E-state index is 10.3. The number of phenolic OH excluding ortho intramolecular Hbond substituents is 1. The van der Waals surface area contributed by atoms with Crippen molar-refractivity contribution in [1.82, 2.24) is 0 Å². The van der Waals surface area contributed by atoms with Crippen molar-refractivity contribution < 1.29 is 5.11 Å². The lowest BCUT2D eigenvalue weighted by Crippen LogP contribution is -2.00. The molecule has 1 heteroatoms. The fourth-order valence-corrected chi connectivity index (χ4v) is 3.98. The number of aromatic hydroxyl groups is 1. The van der Waals surface area contributed by atoms with Gasteiger partial charge in [-0.1, -0.05) is 31.7 Å². The van der Waals surface area contributed by atoms with Gasteiger partial charge in [0.05, 0.1) is 0 Å². The van der Waals surface area contributed by atoms with E-state index in [2.05, 4.69) is 19.1 Å². The van der Waals surface area contributed by atoms with E-state index in [-0.39, 0.29) is 0 Å². The Kier molecular flexibility index (Phi) is 3.32. The Hall–Kier alpha value is -0.980. The molecular formula is C17H24O. The van der Waals surface area contributed by atoms with E-state index >= 15 is 0 Å². The van der Waals surface area contributed by atoms with Crippen LogP contribution in [0.1, 0.15) is 79.9 Å². The molecule has 0 aromatic heterocycles. The Balaban J connectivity index is 1.91. The van der Waals surface area contributed by atoms with E-state index in [1.807, 2.05) is 0 Å². The summed E-state index contributed by atoms with van der Waals surface area (Å²) in [6.07, 6.45) is 10.5. The SMILES string of the molecule is Cc1cc(C2CCCC2)c(O)cc1C1CCCC1. The van der Waals surface area contributed by atoms with Crippen LogP contribution in [0.3, 0.4) is 0 Å². The van der Waals surface area contributed by atoms with E-state index in [1.54, 1.807) is 0 Å². The minimum atomic E-state index is 0.564. The fraction of sp³-hybridized carbons (Fsp3) is 0.647. The van der Waals surface area contributed by atoms with Gasteiger partial charge in [-0.3, -0.25) is 0 Å². The monoisotopic (exact) mass is 244 g/mol. The quantitative estimate of drug-likeness (QED) is 0.774. The van der Waals surface area contributed by atoms with Crippen LogP contribution >= 0.6 is 0 Å². The highest BCUT2D eigenvalue weighted by Crippen LogP contribution is 2.43. The molecule has 98 valence electrons. The second-order valence-corrected chi connectivity index (χ2v) is 6.23. The first-order chi connectivity index (χ1) is 8.75. The molecule has 0 saturated heterocycles. The van der Waals surface area contributed by atoms with Crippen LogP contribution in [-0.2, 0) is 0 Å². The van der Waals surface area contributed by atoms with Crippen LogP contribution in [0, 0.1) is 6.92 Å². The third-order valence-corrected chi connectivity index (χ3v) is 5.01. The van der Waals surface area contributed by atoms with Crippen molar-refractivity contribution in [2.24, 2.45) is 0 Å². The number of rotatable bonds is 2. The minimum Gasteiger partial charge on any atom is -0.508 e. The van der Waals surface area contributed by atoms with Crippen molar-refractivity contribution in [1.29, 1.82) is 0 Å². The van der Waals surface area contributed by atoms with Crippen LogP contribution in [0.5, 0.6) is 5.75 Å². The Morgan fingerprint density at radius 3 is 1.89 bits per heavy atom. The van der Waals surface area contributed by atoms with Gasteiger partial charge in [0, 0.05) is 0 Å². The molecule has 1 N–H and O–H groups in total. The van der Waals surface area contributed by atoms with Gasteiger partial charge in [-0.15, -0.1) is 0 Å². The average molecular weight is 244 g/mol. The number of benzene rings is 1. The maximum atomic E-state index is 10.3. The number of hydrogen-bond acceptors (Lipinski definition) is 1. The fourth-order valence-electron chi connectivity index (χ4n) is 3.98. The molecule has 0 heterocycles. The molecule has 1 aromatic carbocycles. The summed E-state index contributed by atoms with van der Waals surface area (Å²) in [5, 5.41) is 10.3. The molecule has 3 rings (SSSR count). The minimum absolute atomic E-state index is 0.564. The molecule has 0 atom stereocenters. The molecule has 2 saturated carbocycles. The smallest absolute Gasteiger partial charge is 0.119 e. The first-order valence-corrected chi connectivity index (χ1v) is 7.59. The van der Waals surface area contributed by atoms with E-state index < -0.39 is 0 Å². The molecule has 2 fully saturated rings. The van der Waals surface area contributed by atoms with E-state index in [0.29, 0.717) is 17.6 Å². The molecule has 1 nitrogen and oxygen atoms in total. The molecule has 2 aliphatic rings. The predicted molar refractivity (Wildman–Crippen MR) is 75.3 cm³/mol. The molecule has 0 amide bonds. The van der Waals surface area contributed by atoms with Gasteiger partial charge >= 0.3 is 0 Å². The summed E-state index contributed by atoms with van der Waals surface area (Å²) in [4.78, 5) is 0. The first-order valence-electron chi connectivity index (χ1n) is 7.59. The summed E-state index contributed by atoms with van der Waals surface area (Å²) < 4.78 is 0. The molecule has 0 bridgehead atoms.